The summed E-state index contributed by atoms with van der Waals surface area (Å²) in [7, 11) is -1.16. The number of carbonyl (C=O) groups excluding carboxylic acids is 3. The minimum atomic E-state index is -1.26. The normalized spacial score (nSPS) is 20.6. The molecule has 2 fully saturated rings. The third-order valence-corrected chi connectivity index (χ3v) is 5.36. The standard InChI is InChI=1S/C20H25BF2N4O7/c1-10(2)5-15(21-33-14(7-17(29)30)20(32)34-21)26-16(28)9-25-19(31)13-3-4-27(13)18-12(23)6-11(22)8-24-18/h6,8,10,13-15H,3-5,7,9H2,1-2H3,(H,25,31)(H,26,28)(H,29,30). The summed E-state index contributed by atoms with van der Waals surface area (Å²) in [5.74, 6) is -5.72. The highest BCUT2D eigenvalue weighted by molar-refractivity contribution is 6.51. The number of hydrogen-bond acceptors (Lipinski definition) is 8. The van der Waals surface area contributed by atoms with Gasteiger partial charge in [-0.25, -0.2) is 13.8 Å². The number of anilines is 1. The minimum absolute atomic E-state index is 0.0716. The maximum absolute atomic E-state index is 14.0. The van der Waals surface area contributed by atoms with E-state index in [1.165, 1.54) is 4.90 Å². The summed E-state index contributed by atoms with van der Waals surface area (Å²) in [6.07, 6.45) is -0.205. The smallest absolute Gasteiger partial charge is 0.506 e. The van der Waals surface area contributed by atoms with E-state index in [1.807, 2.05) is 13.8 Å². The lowest BCUT2D eigenvalue weighted by atomic mass is 9.74. The molecule has 0 radical (unpaired) electrons. The van der Waals surface area contributed by atoms with Crippen molar-refractivity contribution in [2.24, 2.45) is 5.92 Å². The van der Waals surface area contributed by atoms with Gasteiger partial charge < -0.3 is 29.9 Å². The molecular weight excluding hydrogens is 457 g/mol. The fourth-order valence-corrected chi connectivity index (χ4v) is 3.72. The van der Waals surface area contributed by atoms with Crippen molar-refractivity contribution in [3.63, 3.8) is 0 Å². The quantitative estimate of drug-likeness (QED) is 0.393. The lowest BCUT2D eigenvalue weighted by Crippen LogP contribution is -2.58. The number of amides is 2. The van der Waals surface area contributed by atoms with E-state index in [0.717, 1.165) is 6.20 Å². The van der Waals surface area contributed by atoms with Crippen LogP contribution in [-0.4, -0.2) is 72.1 Å². The number of aromatic nitrogens is 1. The third-order valence-electron chi connectivity index (χ3n) is 5.36. The monoisotopic (exact) mass is 482 g/mol. The molecule has 184 valence electrons. The van der Waals surface area contributed by atoms with Crippen molar-refractivity contribution >= 4 is 36.7 Å². The molecule has 2 saturated heterocycles. The second-order valence-electron chi connectivity index (χ2n) is 8.51. The lowest BCUT2D eigenvalue weighted by Gasteiger charge is -2.40. The van der Waals surface area contributed by atoms with Crippen LogP contribution in [0.2, 0.25) is 0 Å². The predicted molar refractivity (Wildman–Crippen MR) is 113 cm³/mol. The first-order valence-electron chi connectivity index (χ1n) is 10.8. The van der Waals surface area contributed by atoms with Gasteiger partial charge in [0.2, 0.25) is 11.8 Å². The van der Waals surface area contributed by atoms with Crippen molar-refractivity contribution < 1.29 is 42.4 Å². The summed E-state index contributed by atoms with van der Waals surface area (Å²) in [4.78, 5) is 52.8. The molecule has 3 N–H and O–H groups in total. The summed E-state index contributed by atoms with van der Waals surface area (Å²) in [6.45, 7) is 3.69. The minimum Gasteiger partial charge on any atom is -0.506 e. The highest BCUT2D eigenvalue weighted by Crippen LogP contribution is 2.27. The van der Waals surface area contributed by atoms with Crippen molar-refractivity contribution in [1.29, 1.82) is 0 Å². The summed E-state index contributed by atoms with van der Waals surface area (Å²) in [5, 5.41) is 14.0. The Labute approximate surface area is 194 Å². The third kappa shape index (κ3) is 6.19. The van der Waals surface area contributed by atoms with Gasteiger partial charge in [-0.1, -0.05) is 13.8 Å². The lowest BCUT2D eigenvalue weighted by molar-refractivity contribution is -0.145. The molecule has 2 aliphatic rings. The molecule has 0 spiro atoms. The zero-order valence-electron chi connectivity index (χ0n) is 18.6. The van der Waals surface area contributed by atoms with Gasteiger partial charge in [0.15, 0.2) is 17.7 Å². The Bertz CT molecular complexity index is 967. The van der Waals surface area contributed by atoms with Crippen LogP contribution < -0.4 is 15.5 Å². The molecule has 2 aliphatic heterocycles. The largest absolute Gasteiger partial charge is 0.552 e. The van der Waals surface area contributed by atoms with Crippen molar-refractivity contribution in [3.8, 4) is 0 Å². The number of aliphatic carboxylic acids is 1. The number of carboxylic acid groups (broad SMARTS) is 1. The van der Waals surface area contributed by atoms with Crippen LogP contribution in [0.25, 0.3) is 0 Å². The van der Waals surface area contributed by atoms with Crippen LogP contribution in [0, 0.1) is 17.6 Å². The van der Waals surface area contributed by atoms with Crippen molar-refractivity contribution in [2.75, 3.05) is 18.0 Å². The Morgan fingerprint density at radius 1 is 1.35 bits per heavy atom. The number of rotatable bonds is 10. The highest BCUT2D eigenvalue weighted by atomic mass is 19.1. The molecule has 14 heteroatoms. The molecule has 3 unspecified atom stereocenters. The first-order chi connectivity index (χ1) is 16.0. The maximum Gasteiger partial charge on any atom is 0.552 e. The fraction of sp³-hybridized carbons (Fsp3) is 0.550. The van der Waals surface area contributed by atoms with Crippen LogP contribution in [0.4, 0.5) is 14.6 Å². The molecule has 3 heterocycles. The van der Waals surface area contributed by atoms with Crippen LogP contribution in [0.3, 0.4) is 0 Å². The average Bonchev–Trinajstić information content (AvgIpc) is 3.06. The van der Waals surface area contributed by atoms with Gasteiger partial charge in [0.05, 0.1) is 25.1 Å². The van der Waals surface area contributed by atoms with Crippen LogP contribution >= 0.6 is 0 Å². The Morgan fingerprint density at radius 2 is 2.09 bits per heavy atom. The number of nitrogens with one attached hydrogen (secondary N) is 2. The molecule has 3 atom stereocenters. The Balaban J connectivity index is 1.54. The second kappa shape index (κ2) is 10.8. The number of halogens is 2. The predicted octanol–water partition coefficient (Wildman–Crippen LogP) is 0.0297. The molecule has 0 bridgehead atoms. The van der Waals surface area contributed by atoms with Gasteiger partial charge >= 0.3 is 19.1 Å². The van der Waals surface area contributed by atoms with Gasteiger partial charge in [-0.05, 0) is 18.8 Å². The molecule has 34 heavy (non-hydrogen) atoms. The van der Waals surface area contributed by atoms with E-state index in [2.05, 4.69) is 15.6 Å². The topological polar surface area (TPSA) is 147 Å². The molecule has 0 aromatic carbocycles. The van der Waals surface area contributed by atoms with Gasteiger partial charge in [-0.15, -0.1) is 0 Å². The molecule has 1 aromatic heterocycles. The van der Waals surface area contributed by atoms with Gasteiger partial charge in [-0.3, -0.25) is 19.2 Å². The van der Waals surface area contributed by atoms with Crippen molar-refractivity contribution in [3.05, 3.63) is 23.9 Å². The number of hydrogen-bond donors (Lipinski definition) is 3. The average molecular weight is 482 g/mol. The zero-order valence-corrected chi connectivity index (χ0v) is 18.6. The van der Waals surface area contributed by atoms with Crippen LogP contribution in [0.15, 0.2) is 12.3 Å². The van der Waals surface area contributed by atoms with E-state index in [-0.39, 0.29) is 11.7 Å². The number of pyridine rings is 1. The van der Waals surface area contributed by atoms with E-state index in [9.17, 15) is 28.0 Å². The molecule has 11 nitrogen and oxygen atoms in total. The van der Waals surface area contributed by atoms with E-state index in [1.54, 1.807) is 0 Å². The molecule has 1 aromatic rings. The Hall–Kier alpha value is -3.29. The molecule has 0 aliphatic carbocycles. The second-order valence-corrected chi connectivity index (χ2v) is 8.51. The van der Waals surface area contributed by atoms with Gasteiger partial charge in [0, 0.05) is 12.6 Å². The van der Waals surface area contributed by atoms with Gasteiger partial charge in [0.1, 0.15) is 11.9 Å². The number of nitrogens with zero attached hydrogens (tertiary/aromatic N) is 2. The van der Waals surface area contributed by atoms with Crippen molar-refractivity contribution in [1.82, 2.24) is 15.6 Å². The van der Waals surface area contributed by atoms with Gasteiger partial charge in [-0.2, -0.15) is 0 Å². The van der Waals surface area contributed by atoms with Crippen LogP contribution in [-0.2, 0) is 28.5 Å². The van der Waals surface area contributed by atoms with E-state index in [4.69, 9.17) is 14.4 Å². The SMILES string of the molecule is CC(C)CC(NC(=O)CNC(=O)C1CCN1c1ncc(F)cc1F)B1OC(=O)C(CC(=O)O)O1. The summed E-state index contributed by atoms with van der Waals surface area (Å²) in [5.41, 5.74) is 0. The molecule has 3 rings (SSSR count). The molecular formula is C20H25BF2N4O7. The summed E-state index contributed by atoms with van der Waals surface area (Å²) in [6, 6.07) is -0.0840. The maximum atomic E-state index is 14.0. The molecule has 0 saturated carbocycles. The van der Waals surface area contributed by atoms with Crippen LogP contribution in [0.1, 0.15) is 33.1 Å². The van der Waals surface area contributed by atoms with Gasteiger partial charge in [0.25, 0.3) is 0 Å². The molecule has 2 amide bonds. The first kappa shape index (κ1) is 25.3. The Kier molecular flexibility index (Phi) is 8.02. The van der Waals surface area contributed by atoms with E-state index < -0.39 is 73.6 Å². The van der Waals surface area contributed by atoms with Crippen molar-refractivity contribution in [2.45, 2.75) is 51.2 Å². The first-order valence-corrected chi connectivity index (χ1v) is 10.8. The number of carboxylic acids is 1. The van der Waals surface area contributed by atoms with E-state index in [0.29, 0.717) is 25.5 Å². The summed E-state index contributed by atoms with van der Waals surface area (Å²) < 4.78 is 37.6. The Morgan fingerprint density at radius 3 is 2.68 bits per heavy atom. The highest BCUT2D eigenvalue weighted by Gasteiger charge is 2.46. The van der Waals surface area contributed by atoms with Crippen LogP contribution in [0.5, 0.6) is 0 Å². The number of carbonyl (C=O) groups is 4. The zero-order chi connectivity index (χ0) is 25.0. The summed E-state index contributed by atoms with van der Waals surface area (Å²) >= 11 is 0. The fourth-order valence-electron chi connectivity index (χ4n) is 3.72. The van der Waals surface area contributed by atoms with E-state index >= 15 is 0 Å².